The van der Waals surface area contributed by atoms with E-state index in [4.69, 9.17) is 4.74 Å². The number of hydrogen-bond donors (Lipinski definition) is 1. The van der Waals surface area contributed by atoms with Gasteiger partial charge in [0, 0.05) is 25.6 Å². The predicted octanol–water partition coefficient (Wildman–Crippen LogP) is 1.90. The summed E-state index contributed by atoms with van der Waals surface area (Å²) >= 11 is 0. The van der Waals surface area contributed by atoms with Crippen LogP contribution in [0.2, 0.25) is 0 Å². The van der Waals surface area contributed by atoms with Crippen molar-refractivity contribution in [1.29, 1.82) is 0 Å². The number of hydrogen-bond acceptors (Lipinski definition) is 4. The molecule has 2 aliphatic carbocycles. The third kappa shape index (κ3) is 1.95. The summed E-state index contributed by atoms with van der Waals surface area (Å²) in [5, 5.41) is 10.3. The van der Waals surface area contributed by atoms with Crippen molar-refractivity contribution in [3.8, 4) is 0 Å². The zero-order valence-electron chi connectivity index (χ0n) is 11.9. The van der Waals surface area contributed by atoms with Gasteiger partial charge >= 0.3 is 6.03 Å². The quantitative estimate of drug-likeness (QED) is 0.915. The smallest absolute Gasteiger partial charge is 0.321 e. The van der Waals surface area contributed by atoms with Gasteiger partial charge in [-0.05, 0) is 25.3 Å². The number of urea groups is 1. The van der Waals surface area contributed by atoms with Gasteiger partial charge in [-0.15, -0.1) is 0 Å². The van der Waals surface area contributed by atoms with Crippen molar-refractivity contribution >= 4 is 11.7 Å². The molecule has 1 aromatic rings. The van der Waals surface area contributed by atoms with E-state index < -0.39 is 0 Å². The van der Waals surface area contributed by atoms with Crippen LogP contribution in [0.15, 0.2) is 18.5 Å². The molecule has 2 saturated carbocycles. The molecule has 20 heavy (non-hydrogen) atoms. The van der Waals surface area contributed by atoms with Crippen LogP contribution in [-0.2, 0) is 4.74 Å². The summed E-state index contributed by atoms with van der Waals surface area (Å²) in [5.41, 5.74) is 0.860. The van der Waals surface area contributed by atoms with Gasteiger partial charge in [-0.3, -0.25) is 0 Å². The predicted molar refractivity (Wildman–Crippen MR) is 74.3 cm³/mol. The zero-order valence-corrected chi connectivity index (χ0v) is 11.9. The van der Waals surface area contributed by atoms with Gasteiger partial charge in [0.15, 0.2) is 0 Å². The highest BCUT2D eigenvalue weighted by Crippen LogP contribution is 2.58. The first kappa shape index (κ1) is 13.3. The van der Waals surface area contributed by atoms with Crippen LogP contribution in [0, 0.1) is 5.41 Å². The first-order valence-electron chi connectivity index (χ1n) is 7.01. The number of nitrogens with zero attached hydrogens (tertiary/aromatic N) is 3. The molecule has 6 heteroatoms. The van der Waals surface area contributed by atoms with Crippen LogP contribution in [-0.4, -0.2) is 47.4 Å². The average Bonchev–Trinajstić information content (AvgIpc) is 2.37. The van der Waals surface area contributed by atoms with Crippen molar-refractivity contribution < 1.29 is 9.53 Å². The van der Waals surface area contributed by atoms with E-state index in [1.54, 1.807) is 25.6 Å². The summed E-state index contributed by atoms with van der Waals surface area (Å²) in [5.74, 6) is 0. The van der Waals surface area contributed by atoms with E-state index in [0.717, 1.165) is 19.3 Å². The van der Waals surface area contributed by atoms with E-state index in [1.807, 2.05) is 11.9 Å². The summed E-state index contributed by atoms with van der Waals surface area (Å²) in [6.45, 7) is 0. The molecule has 3 rings (SSSR count). The Balaban J connectivity index is 1.64. The molecule has 2 fully saturated rings. The van der Waals surface area contributed by atoms with Crippen molar-refractivity contribution in [1.82, 2.24) is 15.1 Å². The summed E-state index contributed by atoms with van der Waals surface area (Å²) in [6, 6.07) is 1.91. The minimum absolute atomic E-state index is 0.0937. The highest BCUT2D eigenvalue weighted by molar-refractivity contribution is 5.89. The molecule has 2 aliphatic rings. The highest BCUT2D eigenvalue weighted by Gasteiger charge is 2.60. The fraction of sp³-hybridized carbons (Fsp3) is 0.643. The Kier molecular flexibility index (Phi) is 3.33. The molecule has 1 heterocycles. The Morgan fingerprint density at radius 2 is 2.30 bits per heavy atom. The Hall–Kier alpha value is -1.69. The number of aromatic nitrogens is 2. The van der Waals surface area contributed by atoms with Crippen LogP contribution in [0.5, 0.6) is 0 Å². The number of carbonyl (C=O) groups excluding carboxylic acids is 1. The van der Waals surface area contributed by atoms with Gasteiger partial charge in [0.25, 0.3) is 0 Å². The van der Waals surface area contributed by atoms with Crippen molar-refractivity contribution in [2.45, 2.75) is 37.8 Å². The number of rotatable bonds is 3. The third-order valence-corrected chi connectivity index (χ3v) is 4.93. The second-order valence-electron chi connectivity index (χ2n) is 5.73. The fourth-order valence-electron chi connectivity index (χ4n) is 3.56. The van der Waals surface area contributed by atoms with Gasteiger partial charge in [-0.1, -0.05) is 6.42 Å². The monoisotopic (exact) mass is 276 g/mol. The van der Waals surface area contributed by atoms with Gasteiger partial charge in [-0.25, -0.2) is 4.79 Å². The van der Waals surface area contributed by atoms with E-state index in [1.165, 1.54) is 6.42 Å². The van der Waals surface area contributed by atoms with Crippen molar-refractivity contribution in [3.05, 3.63) is 18.5 Å². The fourth-order valence-corrected chi connectivity index (χ4v) is 3.56. The van der Waals surface area contributed by atoms with E-state index in [0.29, 0.717) is 11.8 Å². The minimum atomic E-state index is -0.0937. The van der Waals surface area contributed by atoms with E-state index in [2.05, 4.69) is 15.5 Å². The standard InChI is InChI=1S/C14H20N4O2/c1-18(13(19)17-10-4-7-15-16-9-10)11-8-12(20-2)14(11)5-3-6-14/h4,7,9,11-12H,3,5-6,8H2,1-2H3,(H,15,17,19)/t11-,12+/m1/s1. The van der Waals surface area contributed by atoms with Crippen LogP contribution >= 0.6 is 0 Å². The van der Waals surface area contributed by atoms with Gasteiger partial charge in [0.05, 0.1) is 24.2 Å². The zero-order chi connectivity index (χ0) is 14.2. The molecule has 6 nitrogen and oxygen atoms in total. The van der Waals surface area contributed by atoms with Crippen LogP contribution in [0.3, 0.4) is 0 Å². The van der Waals surface area contributed by atoms with Crippen molar-refractivity contribution in [3.63, 3.8) is 0 Å². The minimum Gasteiger partial charge on any atom is -0.381 e. The molecule has 2 atom stereocenters. The van der Waals surface area contributed by atoms with Gasteiger partial charge in [0.2, 0.25) is 0 Å². The Morgan fingerprint density at radius 3 is 2.85 bits per heavy atom. The van der Waals surface area contributed by atoms with E-state index >= 15 is 0 Å². The number of ether oxygens (including phenoxy) is 1. The summed E-state index contributed by atoms with van der Waals surface area (Å²) < 4.78 is 5.55. The lowest BCUT2D eigenvalue weighted by Crippen LogP contribution is -2.67. The van der Waals surface area contributed by atoms with Gasteiger partial charge < -0.3 is 15.0 Å². The van der Waals surface area contributed by atoms with Crippen LogP contribution < -0.4 is 5.32 Å². The number of methoxy groups -OCH3 is 1. The lowest BCUT2D eigenvalue weighted by molar-refractivity contribution is -0.181. The maximum atomic E-state index is 12.3. The Labute approximate surface area is 118 Å². The van der Waals surface area contributed by atoms with Crippen LogP contribution in [0.4, 0.5) is 10.5 Å². The second-order valence-corrected chi connectivity index (χ2v) is 5.73. The number of carbonyl (C=O) groups is 1. The lowest BCUT2D eigenvalue weighted by Gasteiger charge is -2.62. The Bertz CT molecular complexity index is 489. The van der Waals surface area contributed by atoms with Crippen LogP contribution in [0.1, 0.15) is 25.7 Å². The average molecular weight is 276 g/mol. The molecule has 1 spiro atoms. The molecular formula is C14H20N4O2. The normalized spacial score (nSPS) is 26.5. The largest absolute Gasteiger partial charge is 0.381 e. The Morgan fingerprint density at radius 1 is 1.50 bits per heavy atom. The number of amides is 2. The maximum absolute atomic E-state index is 12.3. The molecule has 1 aromatic heterocycles. The third-order valence-electron chi connectivity index (χ3n) is 4.93. The molecule has 0 radical (unpaired) electrons. The molecule has 2 amide bonds. The summed E-state index contributed by atoms with van der Waals surface area (Å²) in [7, 11) is 3.63. The first-order chi connectivity index (χ1) is 9.67. The molecule has 0 aliphatic heterocycles. The molecule has 0 unspecified atom stereocenters. The summed E-state index contributed by atoms with van der Waals surface area (Å²) in [4.78, 5) is 14.1. The van der Waals surface area contributed by atoms with E-state index in [-0.39, 0.29) is 17.5 Å². The van der Waals surface area contributed by atoms with Gasteiger partial charge in [-0.2, -0.15) is 10.2 Å². The number of nitrogens with one attached hydrogen (secondary N) is 1. The molecule has 1 N–H and O–H groups in total. The molecule has 0 bridgehead atoms. The SMILES string of the molecule is CO[C@H]1C[C@@H](N(C)C(=O)Nc2ccnnc2)C12CCC2. The number of anilines is 1. The molecule has 108 valence electrons. The molecule has 0 aromatic carbocycles. The van der Waals surface area contributed by atoms with Crippen molar-refractivity contribution in [2.24, 2.45) is 5.41 Å². The lowest BCUT2D eigenvalue weighted by atomic mass is 9.50. The van der Waals surface area contributed by atoms with Gasteiger partial charge in [0.1, 0.15) is 0 Å². The molecular weight excluding hydrogens is 256 g/mol. The summed E-state index contributed by atoms with van der Waals surface area (Å²) in [6.07, 6.45) is 7.89. The highest BCUT2D eigenvalue weighted by atomic mass is 16.5. The first-order valence-corrected chi connectivity index (χ1v) is 7.01. The molecule has 0 saturated heterocycles. The van der Waals surface area contributed by atoms with Crippen molar-refractivity contribution in [2.75, 3.05) is 19.5 Å². The maximum Gasteiger partial charge on any atom is 0.321 e. The van der Waals surface area contributed by atoms with E-state index in [9.17, 15) is 4.79 Å². The van der Waals surface area contributed by atoms with Crippen LogP contribution in [0.25, 0.3) is 0 Å². The topological polar surface area (TPSA) is 67.3 Å². The second kappa shape index (κ2) is 5.01.